The lowest BCUT2D eigenvalue weighted by atomic mass is 10.0. The summed E-state index contributed by atoms with van der Waals surface area (Å²) in [5.74, 6) is 0. The number of hydrogen-bond donors (Lipinski definition) is 1. The van der Waals surface area contributed by atoms with Crippen LogP contribution in [-0.4, -0.2) is 0 Å². The van der Waals surface area contributed by atoms with Gasteiger partial charge in [0.15, 0.2) is 0 Å². The van der Waals surface area contributed by atoms with E-state index in [0.29, 0.717) is 0 Å². The minimum atomic E-state index is 0.896. The van der Waals surface area contributed by atoms with Crippen molar-refractivity contribution in [2.45, 2.75) is 45.5 Å². The molecule has 0 aromatic heterocycles. The van der Waals surface area contributed by atoms with Crippen LogP contribution in [0.25, 0.3) is 12.2 Å². The average Bonchev–Trinajstić information content (AvgIpc) is 3.34. The van der Waals surface area contributed by atoms with E-state index in [4.69, 9.17) is 0 Å². The summed E-state index contributed by atoms with van der Waals surface area (Å²) in [7, 11) is 0. The van der Waals surface area contributed by atoms with Gasteiger partial charge in [-0.15, -0.1) is 0 Å². The van der Waals surface area contributed by atoms with Crippen molar-refractivity contribution >= 4 is 33.8 Å². The van der Waals surface area contributed by atoms with Gasteiger partial charge in [-0.1, -0.05) is 93.3 Å². The first-order chi connectivity index (χ1) is 15.0. The van der Waals surface area contributed by atoms with E-state index in [1.54, 1.807) is 0 Å². The van der Waals surface area contributed by atoms with Crippen molar-refractivity contribution in [3.63, 3.8) is 0 Å². The summed E-state index contributed by atoms with van der Waals surface area (Å²) in [6.45, 7) is 7.41. The number of fused-ring (bicyclic) bond motifs is 2. The Bertz CT molecular complexity index is 1140. The van der Waals surface area contributed by atoms with E-state index in [1.807, 2.05) is 0 Å². The highest BCUT2D eigenvalue weighted by Crippen LogP contribution is 2.29. The zero-order valence-electron chi connectivity index (χ0n) is 18.6. The van der Waals surface area contributed by atoms with Crippen molar-refractivity contribution in [2.24, 2.45) is 0 Å². The average molecular weight is 472 g/mol. The van der Waals surface area contributed by atoms with Crippen LogP contribution < -0.4 is 5.32 Å². The number of aryl methyl sites for hydroxylation is 1. The van der Waals surface area contributed by atoms with Gasteiger partial charge in [0.05, 0.1) is 0 Å². The first-order valence-corrected chi connectivity index (χ1v) is 12.1. The minimum absolute atomic E-state index is 0.896. The van der Waals surface area contributed by atoms with Crippen molar-refractivity contribution in [1.82, 2.24) is 0 Å². The summed E-state index contributed by atoms with van der Waals surface area (Å²) in [5, 5.41) is 4.48. The molecule has 3 aromatic rings. The SMILES string of the molecule is CC1=Cc2cccc(CBr)c2C1.CC1=Cc2cccc(CNc3ccc(C)cc3)c2C1. The molecule has 0 unspecified atom stereocenters. The lowest BCUT2D eigenvalue weighted by Gasteiger charge is -2.11. The Kier molecular flexibility index (Phi) is 6.77. The lowest BCUT2D eigenvalue weighted by Crippen LogP contribution is -2.03. The van der Waals surface area contributed by atoms with Crippen molar-refractivity contribution in [3.8, 4) is 0 Å². The molecule has 2 aliphatic carbocycles. The van der Waals surface area contributed by atoms with Gasteiger partial charge in [-0.25, -0.2) is 0 Å². The molecule has 2 heteroatoms. The zero-order chi connectivity index (χ0) is 21.8. The molecule has 3 aromatic carbocycles. The van der Waals surface area contributed by atoms with E-state index in [2.05, 4.69) is 115 Å². The van der Waals surface area contributed by atoms with E-state index in [-0.39, 0.29) is 0 Å². The van der Waals surface area contributed by atoms with Crippen LogP contribution in [0.2, 0.25) is 0 Å². The topological polar surface area (TPSA) is 12.0 Å². The molecule has 0 amide bonds. The third-order valence-corrected chi connectivity index (χ3v) is 6.62. The van der Waals surface area contributed by atoms with E-state index >= 15 is 0 Å². The summed E-state index contributed by atoms with van der Waals surface area (Å²) in [6, 6.07) is 21.7. The van der Waals surface area contributed by atoms with Crippen molar-refractivity contribution in [2.75, 3.05) is 5.32 Å². The van der Waals surface area contributed by atoms with E-state index in [9.17, 15) is 0 Å². The maximum Gasteiger partial charge on any atom is 0.0403 e. The predicted octanol–water partition coefficient (Wildman–Crippen LogP) is 8.11. The second-order valence-electron chi connectivity index (χ2n) is 8.66. The number of benzene rings is 3. The molecule has 31 heavy (non-hydrogen) atoms. The number of nitrogens with one attached hydrogen (secondary N) is 1. The molecule has 1 nitrogen and oxygen atoms in total. The van der Waals surface area contributed by atoms with Crippen molar-refractivity contribution in [3.05, 3.63) is 111 Å². The number of halogens is 1. The minimum Gasteiger partial charge on any atom is -0.381 e. The molecule has 0 spiro atoms. The highest BCUT2D eigenvalue weighted by atomic mass is 79.9. The molecule has 0 atom stereocenters. The number of hydrogen-bond acceptors (Lipinski definition) is 1. The van der Waals surface area contributed by atoms with E-state index in [0.717, 1.165) is 24.7 Å². The van der Waals surface area contributed by atoms with Crippen LogP contribution in [0.4, 0.5) is 5.69 Å². The fourth-order valence-corrected chi connectivity index (χ4v) is 4.89. The Labute approximate surface area is 195 Å². The molecule has 5 rings (SSSR count). The third kappa shape index (κ3) is 5.19. The summed E-state index contributed by atoms with van der Waals surface area (Å²) in [4.78, 5) is 0. The maximum atomic E-state index is 3.51. The van der Waals surface area contributed by atoms with Crippen LogP contribution in [0.15, 0.2) is 71.8 Å². The van der Waals surface area contributed by atoms with Gasteiger partial charge in [-0.05, 0) is 79.1 Å². The Morgan fingerprint density at radius 1 is 0.710 bits per heavy atom. The predicted molar refractivity (Wildman–Crippen MR) is 139 cm³/mol. The summed E-state index contributed by atoms with van der Waals surface area (Å²) >= 11 is 3.51. The van der Waals surface area contributed by atoms with Gasteiger partial charge in [0, 0.05) is 17.6 Å². The van der Waals surface area contributed by atoms with E-state index < -0.39 is 0 Å². The number of alkyl halides is 1. The maximum absolute atomic E-state index is 3.51. The monoisotopic (exact) mass is 471 g/mol. The smallest absolute Gasteiger partial charge is 0.0403 e. The van der Waals surface area contributed by atoms with Crippen LogP contribution in [0, 0.1) is 6.92 Å². The summed E-state index contributed by atoms with van der Waals surface area (Å²) < 4.78 is 0. The molecule has 0 saturated heterocycles. The van der Waals surface area contributed by atoms with Crippen LogP contribution in [-0.2, 0) is 24.7 Å². The Balaban J connectivity index is 0.000000166. The molecule has 0 fully saturated rings. The summed E-state index contributed by atoms with van der Waals surface area (Å²) in [6.07, 6.45) is 6.81. The normalized spacial score (nSPS) is 13.5. The van der Waals surface area contributed by atoms with Gasteiger partial charge in [-0.2, -0.15) is 0 Å². The quantitative estimate of drug-likeness (QED) is 0.378. The largest absolute Gasteiger partial charge is 0.381 e. The molecular formula is C29H30BrN. The van der Waals surface area contributed by atoms with Gasteiger partial charge in [-0.3, -0.25) is 0 Å². The van der Waals surface area contributed by atoms with Crippen LogP contribution in [0.5, 0.6) is 0 Å². The highest BCUT2D eigenvalue weighted by Gasteiger charge is 2.13. The van der Waals surface area contributed by atoms with Gasteiger partial charge in [0.2, 0.25) is 0 Å². The molecule has 0 saturated carbocycles. The van der Waals surface area contributed by atoms with Crippen molar-refractivity contribution < 1.29 is 0 Å². The molecule has 0 aliphatic heterocycles. The molecule has 0 heterocycles. The standard InChI is InChI=1S/C18H19N.C11H11Br/c1-13-6-8-17(9-7-13)19-12-16-5-3-4-15-10-14(2)11-18(15)16;1-8-5-9-3-2-4-10(7-12)11(9)6-8/h3-10,19H,11-12H2,1-2H3;2-5H,6-7H2,1H3. The Morgan fingerprint density at radius 3 is 1.84 bits per heavy atom. The molecule has 1 N–H and O–H groups in total. The number of anilines is 1. The van der Waals surface area contributed by atoms with Crippen molar-refractivity contribution in [1.29, 1.82) is 0 Å². The zero-order valence-corrected chi connectivity index (χ0v) is 20.2. The highest BCUT2D eigenvalue weighted by molar-refractivity contribution is 9.08. The Morgan fingerprint density at radius 2 is 1.26 bits per heavy atom. The Hall–Kier alpha value is -2.58. The first-order valence-electron chi connectivity index (χ1n) is 11.0. The third-order valence-electron chi connectivity index (χ3n) is 6.01. The van der Waals surface area contributed by atoms with Gasteiger partial charge >= 0.3 is 0 Å². The second-order valence-corrected chi connectivity index (χ2v) is 9.22. The molecule has 0 radical (unpaired) electrons. The number of rotatable bonds is 4. The molecular weight excluding hydrogens is 442 g/mol. The fraction of sp³-hybridized carbons (Fsp3) is 0.241. The van der Waals surface area contributed by atoms with Crippen LogP contribution >= 0.6 is 15.9 Å². The lowest BCUT2D eigenvalue weighted by molar-refractivity contribution is 1.07. The number of allylic oxidation sites excluding steroid dienone is 2. The fourth-order valence-electron chi connectivity index (χ4n) is 4.36. The van der Waals surface area contributed by atoms with Crippen LogP contribution in [0.1, 0.15) is 52.8 Å². The molecule has 158 valence electrons. The molecule has 0 bridgehead atoms. The summed E-state index contributed by atoms with van der Waals surface area (Å²) in [5.41, 5.74) is 14.0. The van der Waals surface area contributed by atoms with Gasteiger partial charge < -0.3 is 5.32 Å². The van der Waals surface area contributed by atoms with E-state index in [1.165, 1.54) is 55.8 Å². The molecule has 2 aliphatic rings. The van der Waals surface area contributed by atoms with Crippen LogP contribution in [0.3, 0.4) is 0 Å². The van der Waals surface area contributed by atoms with Gasteiger partial charge in [0.1, 0.15) is 0 Å². The van der Waals surface area contributed by atoms with Gasteiger partial charge in [0.25, 0.3) is 0 Å². The second kappa shape index (κ2) is 9.70. The first kappa shape index (κ1) is 21.6.